The van der Waals surface area contributed by atoms with Gasteiger partial charge in [-0.3, -0.25) is 0 Å². The van der Waals surface area contributed by atoms with E-state index in [1.807, 2.05) is 0 Å². The predicted octanol–water partition coefficient (Wildman–Crippen LogP) is 3.84. The van der Waals surface area contributed by atoms with Crippen molar-refractivity contribution in [2.75, 3.05) is 12.3 Å². The quantitative estimate of drug-likeness (QED) is 0.747. The fraction of sp³-hybridized carbons (Fsp3) is 0.538. The summed E-state index contributed by atoms with van der Waals surface area (Å²) in [5.74, 6) is 0.0646. The molecule has 0 fully saturated rings. The zero-order valence-electron chi connectivity index (χ0n) is 10.3. The number of thioether (sulfide) groups is 1. The van der Waals surface area contributed by atoms with Crippen molar-refractivity contribution < 1.29 is 8.78 Å². The molecule has 1 rings (SSSR count). The summed E-state index contributed by atoms with van der Waals surface area (Å²) in [6, 6.07) is 3.99. The third-order valence-electron chi connectivity index (χ3n) is 2.44. The van der Waals surface area contributed by atoms with Crippen LogP contribution in [-0.2, 0) is 0 Å². The Morgan fingerprint density at radius 2 is 2.12 bits per heavy atom. The van der Waals surface area contributed by atoms with Crippen molar-refractivity contribution in [1.82, 2.24) is 5.32 Å². The van der Waals surface area contributed by atoms with Crippen LogP contribution in [0, 0.1) is 11.6 Å². The number of benzene rings is 1. The average Bonchev–Trinajstić information content (AvgIpc) is 2.31. The van der Waals surface area contributed by atoms with Gasteiger partial charge in [-0.15, -0.1) is 11.8 Å². The smallest absolute Gasteiger partial charge is 0.136 e. The molecule has 0 bridgehead atoms. The maximum atomic E-state index is 13.3. The Balaban J connectivity index is 2.32. The van der Waals surface area contributed by atoms with E-state index in [0.717, 1.165) is 31.2 Å². The molecule has 0 saturated heterocycles. The minimum absolute atomic E-state index is 0.342. The lowest BCUT2D eigenvalue weighted by atomic mass is 10.2. The Hall–Kier alpha value is -0.610. The fourth-order valence-corrected chi connectivity index (χ4v) is 2.52. The topological polar surface area (TPSA) is 12.0 Å². The molecule has 0 aliphatic carbocycles. The van der Waals surface area contributed by atoms with Crippen LogP contribution in [0.1, 0.15) is 26.7 Å². The molecular formula is C13H19F2NS. The Labute approximate surface area is 106 Å². The largest absolute Gasteiger partial charge is 0.314 e. The van der Waals surface area contributed by atoms with Crippen LogP contribution in [0.25, 0.3) is 0 Å². The lowest BCUT2D eigenvalue weighted by Gasteiger charge is -2.12. The molecule has 1 aromatic carbocycles. The summed E-state index contributed by atoms with van der Waals surface area (Å²) in [7, 11) is 0. The van der Waals surface area contributed by atoms with Crippen LogP contribution in [0.15, 0.2) is 23.1 Å². The number of hydrogen-bond donors (Lipinski definition) is 1. The summed E-state index contributed by atoms with van der Waals surface area (Å²) in [5.41, 5.74) is 0. The summed E-state index contributed by atoms with van der Waals surface area (Å²) in [4.78, 5) is 0.396. The summed E-state index contributed by atoms with van der Waals surface area (Å²) < 4.78 is 26.2. The van der Waals surface area contributed by atoms with Crippen molar-refractivity contribution in [3.63, 3.8) is 0 Å². The van der Waals surface area contributed by atoms with E-state index in [2.05, 4.69) is 19.2 Å². The van der Waals surface area contributed by atoms with Gasteiger partial charge in [0.1, 0.15) is 11.6 Å². The van der Waals surface area contributed by atoms with Gasteiger partial charge in [0.15, 0.2) is 0 Å². The Morgan fingerprint density at radius 3 is 2.82 bits per heavy atom. The van der Waals surface area contributed by atoms with Crippen LogP contribution < -0.4 is 5.32 Å². The van der Waals surface area contributed by atoms with Crippen LogP contribution in [0.4, 0.5) is 8.78 Å². The average molecular weight is 259 g/mol. The SMILES string of the molecule is CCCNC(C)CCSc1cc(F)ccc1F. The molecule has 0 aliphatic heterocycles. The molecule has 0 radical (unpaired) electrons. The summed E-state index contributed by atoms with van der Waals surface area (Å²) in [6.07, 6.45) is 2.05. The molecule has 1 unspecified atom stereocenters. The summed E-state index contributed by atoms with van der Waals surface area (Å²) in [5, 5.41) is 3.36. The van der Waals surface area contributed by atoms with Crippen LogP contribution >= 0.6 is 11.8 Å². The van der Waals surface area contributed by atoms with E-state index < -0.39 is 0 Å². The molecule has 1 atom stereocenters. The molecule has 0 heterocycles. The minimum atomic E-state index is -0.383. The third-order valence-corrected chi connectivity index (χ3v) is 3.51. The minimum Gasteiger partial charge on any atom is -0.314 e. The molecule has 1 nitrogen and oxygen atoms in total. The van der Waals surface area contributed by atoms with Gasteiger partial charge < -0.3 is 5.32 Å². The molecule has 17 heavy (non-hydrogen) atoms. The van der Waals surface area contributed by atoms with Gasteiger partial charge in [-0.25, -0.2) is 8.78 Å². The molecule has 0 saturated carbocycles. The third kappa shape index (κ3) is 5.50. The summed E-state index contributed by atoms with van der Waals surface area (Å²) in [6.45, 7) is 5.23. The van der Waals surface area contributed by atoms with Crippen LogP contribution in [-0.4, -0.2) is 18.3 Å². The monoisotopic (exact) mass is 259 g/mol. The van der Waals surface area contributed by atoms with Gasteiger partial charge in [0.25, 0.3) is 0 Å². The van der Waals surface area contributed by atoms with Crippen LogP contribution in [0.5, 0.6) is 0 Å². The first-order valence-electron chi connectivity index (χ1n) is 5.94. The highest BCUT2D eigenvalue weighted by molar-refractivity contribution is 7.99. The zero-order valence-corrected chi connectivity index (χ0v) is 11.1. The van der Waals surface area contributed by atoms with E-state index in [9.17, 15) is 8.78 Å². The zero-order chi connectivity index (χ0) is 12.7. The van der Waals surface area contributed by atoms with E-state index >= 15 is 0 Å². The van der Waals surface area contributed by atoms with Gasteiger partial charge in [-0.1, -0.05) is 6.92 Å². The Morgan fingerprint density at radius 1 is 1.35 bits per heavy atom. The van der Waals surface area contributed by atoms with Crippen molar-refractivity contribution in [3.05, 3.63) is 29.8 Å². The molecule has 0 aliphatic rings. The van der Waals surface area contributed by atoms with Crippen molar-refractivity contribution >= 4 is 11.8 Å². The predicted molar refractivity (Wildman–Crippen MR) is 69.5 cm³/mol. The van der Waals surface area contributed by atoms with Crippen molar-refractivity contribution in [3.8, 4) is 0 Å². The Kier molecular flexibility index (Phi) is 6.52. The van der Waals surface area contributed by atoms with E-state index in [-0.39, 0.29) is 11.6 Å². The van der Waals surface area contributed by atoms with E-state index in [1.165, 1.54) is 23.9 Å². The van der Waals surface area contributed by atoms with Crippen LogP contribution in [0.3, 0.4) is 0 Å². The molecule has 0 spiro atoms. The standard InChI is InChI=1S/C13H19F2NS/c1-3-7-16-10(2)6-8-17-13-9-11(14)4-5-12(13)15/h4-5,9-10,16H,3,6-8H2,1-2H3. The lowest BCUT2D eigenvalue weighted by Crippen LogP contribution is -2.27. The van der Waals surface area contributed by atoms with Gasteiger partial charge in [0, 0.05) is 10.9 Å². The van der Waals surface area contributed by atoms with Crippen molar-refractivity contribution in [2.24, 2.45) is 0 Å². The molecule has 1 N–H and O–H groups in total. The highest BCUT2D eigenvalue weighted by Gasteiger charge is 2.06. The second-order valence-electron chi connectivity index (χ2n) is 4.07. The van der Waals surface area contributed by atoms with Gasteiger partial charge in [-0.2, -0.15) is 0 Å². The van der Waals surface area contributed by atoms with Crippen molar-refractivity contribution in [2.45, 2.75) is 37.6 Å². The van der Waals surface area contributed by atoms with Gasteiger partial charge in [0.2, 0.25) is 0 Å². The number of hydrogen-bond acceptors (Lipinski definition) is 2. The van der Waals surface area contributed by atoms with E-state index in [4.69, 9.17) is 0 Å². The maximum Gasteiger partial charge on any atom is 0.136 e. The number of rotatable bonds is 7. The second-order valence-corrected chi connectivity index (χ2v) is 5.20. The molecule has 1 aromatic rings. The van der Waals surface area contributed by atoms with Crippen LogP contribution in [0.2, 0.25) is 0 Å². The highest BCUT2D eigenvalue weighted by Crippen LogP contribution is 2.23. The highest BCUT2D eigenvalue weighted by atomic mass is 32.2. The molecule has 4 heteroatoms. The second kappa shape index (κ2) is 7.67. The Bertz CT molecular complexity index is 344. The fourth-order valence-electron chi connectivity index (χ4n) is 1.43. The van der Waals surface area contributed by atoms with E-state index in [0.29, 0.717) is 10.9 Å². The van der Waals surface area contributed by atoms with Gasteiger partial charge in [-0.05, 0) is 50.3 Å². The number of nitrogens with one attached hydrogen (secondary N) is 1. The maximum absolute atomic E-state index is 13.3. The number of halogens is 2. The lowest BCUT2D eigenvalue weighted by molar-refractivity contribution is 0.535. The summed E-state index contributed by atoms with van der Waals surface area (Å²) >= 11 is 1.37. The van der Waals surface area contributed by atoms with E-state index in [1.54, 1.807) is 0 Å². The molecule has 0 aromatic heterocycles. The molecular weight excluding hydrogens is 240 g/mol. The molecule has 96 valence electrons. The first kappa shape index (κ1) is 14.5. The first-order chi connectivity index (χ1) is 8.13. The normalized spacial score (nSPS) is 12.7. The first-order valence-corrected chi connectivity index (χ1v) is 6.93. The molecule has 0 amide bonds. The van der Waals surface area contributed by atoms with Crippen molar-refractivity contribution in [1.29, 1.82) is 0 Å². The van der Waals surface area contributed by atoms with Gasteiger partial charge in [0.05, 0.1) is 0 Å². The van der Waals surface area contributed by atoms with Gasteiger partial charge >= 0.3 is 0 Å².